The Balaban J connectivity index is 2.33. The number of carbonyl (C=O) groups excluding carboxylic acids is 7. The molecule has 0 radical (unpaired) electrons. The normalized spacial score (nSPS) is 27.1. The number of amides is 7. The predicted molar refractivity (Wildman–Crippen MR) is 152 cm³/mol. The van der Waals surface area contributed by atoms with E-state index in [0.29, 0.717) is 18.6 Å². The summed E-state index contributed by atoms with van der Waals surface area (Å²) in [5, 5.41) is 15.4. The van der Waals surface area contributed by atoms with Gasteiger partial charge in [-0.05, 0) is 32.1 Å². The van der Waals surface area contributed by atoms with Crippen LogP contribution in [0.5, 0.6) is 0 Å². The van der Waals surface area contributed by atoms with E-state index in [9.17, 15) is 33.6 Å². The lowest BCUT2D eigenvalue weighted by Crippen LogP contribution is -2.59. The van der Waals surface area contributed by atoms with Gasteiger partial charge in [-0.3, -0.25) is 38.6 Å². The van der Waals surface area contributed by atoms with E-state index in [4.69, 9.17) is 5.73 Å². The third kappa shape index (κ3) is 10.9. The minimum atomic E-state index is -1.32. The fourth-order valence-electron chi connectivity index (χ4n) is 4.29. The molecule has 16 heteroatoms. The van der Waals surface area contributed by atoms with Crippen molar-refractivity contribution in [3.05, 3.63) is 0 Å². The van der Waals surface area contributed by atoms with Crippen molar-refractivity contribution in [1.82, 2.24) is 31.9 Å². The SMILES string of the molecule is CC(=O)N[C@H]1CCCCNC(=O)CC(C(N)=O)NC(=O)[C@H](C(C)C)NC(=O)[C@@H](C)NC(=O)[C@H](CC2=NC=NC2)NC1=O. The van der Waals surface area contributed by atoms with Crippen LogP contribution in [0, 0.1) is 5.92 Å². The van der Waals surface area contributed by atoms with Crippen LogP contribution >= 0.6 is 0 Å². The van der Waals surface area contributed by atoms with E-state index in [2.05, 4.69) is 41.9 Å². The molecule has 7 amide bonds. The average molecular weight is 592 g/mol. The van der Waals surface area contributed by atoms with Gasteiger partial charge in [0, 0.05) is 25.6 Å². The standard InChI is InChI=1S/C26H41N9O7/c1-13(2)21-26(42)33-18(22(27)38)10-20(37)29-8-6-5-7-17(32-15(4)36)24(40)34-19(9-16-11-28-12-30-16)25(41)31-14(3)23(39)35-21/h12-14,17-19,21H,5-11H2,1-4H3,(H2,27,38)(H,29,37)(H,31,41)(H,32,36)(H,33,42)(H,34,40)(H,35,39)/t14-,17+,18?,19+,21+/m1/s1. The molecule has 0 spiro atoms. The first-order valence-corrected chi connectivity index (χ1v) is 13.9. The monoisotopic (exact) mass is 591 g/mol. The summed E-state index contributed by atoms with van der Waals surface area (Å²) in [7, 11) is 0. The second kappa shape index (κ2) is 16.2. The molecule has 2 rings (SSSR count). The van der Waals surface area contributed by atoms with Crippen molar-refractivity contribution in [2.24, 2.45) is 21.6 Å². The highest BCUT2D eigenvalue weighted by Crippen LogP contribution is 2.08. The van der Waals surface area contributed by atoms with Crippen LogP contribution in [-0.2, 0) is 33.6 Å². The van der Waals surface area contributed by atoms with Gasteiger partial charge >= 0.3 is 0 Å². The van der Waals surface area contributed by atoms with Crippen molar-refractivity contribution in [1.29, 1.82) is 0 Å². The van der Waals surface area contributed by atoms with Crippen LogP contribution in [0.15, 0.2) is 9.98 Å². The third-order valence-electron chi connectivity index (χ3n) is 6.65. The van der Waals surface area contributed by atoms with Gasteiger partial charge in [-0.15, -0.1) is 0 Å². The van der Waals surface area contributed by atoms with Gasteiger partial charge in [-0.2, -0.15) is 0 Å². The maximum atomic E-state index is 13.3. The molecule has 2 aliphatic rings. The number of rotatable bonds is 5. The van der Waals surface area contributed by atoms with E-state index < -0.39 is 83.9 Å². The molecule has 2 aliphatic heterocycles. The summed E-state index contributed by atoms with van der Waals surface area (Å²) in [6.07, 6.45) is 1.99. The number of hydrogen-bond donors (Lipinski definition) is 7. The van der Waals surface area contributed by atoms with E-state index in [1.165, 1.54) is 20.2 Å². The molecule has 0 aromatic carbocycles. The Morgan fingerprint density at radius 3 is 2.31 bits per heavy atom. The summed E-state index contributed by atoms with van der Waals surface area (Å²) >= 11 is 0. The lowest BCUT2D eigenvalue weighted by Gasteiger charge is -2.27. The van der Waals surface area contributed by atoms with Gasteiger partial charge < -0.3 is 37.6 Å². The van der Waals surface area contributed by atoms with E-state index in [0.717, 1.165) is 0 Å². The fourth-order valence-corrected chi connectivity index (χ4v) is 4.29. The van der Waals surface area contributed by atoms with Crippen LogP contribution in [0.2, 0.25) is 0 Å². The van der Waals surface area contributed by atoms with Crippen LogP contribution in [0.25, 0.3) is 0 Å². The Labute approximate surface area is 243 Å². The summed E-state index contributed by atoms with van der Waals surface area (Å²) in [4.78, 5) is 96.8. The van der Waals surface area contributed by atoms with Gasteiger partial charge in [0.15, 0.2) is 0 Å². The molecule has 0 aromatic rings. The van der Waals surface area contributed by atoms with E-state index in [1.54, 1.807) is 13.8 Å². The largest absolute Gasteiger partial charge is 0.368 e. The van der Waals surface area contributed by atoms with Crippen molar-refractivity contribution in [2.45, 2.75) is 90.0 Å². The average Bonchev–Trinajstić information content (AvgIpc) is 3.41. The van der Waals surface area contributed by atoms with Gasteiger partial charge in [0.2, 0.25) is 41.4 Å². The molecular formula is C26H41N9O7. The maximum Gasteiger partial charge on any atom is 0.243 e. The Bertz CT molecular complexity index is 1120. The van der Waals surface area contributed by atoms with Crippen molar-refractivity contribution in [3.63, 3.8) is 0 Å². The van der Waals surface area contributed by atoms with E-state index in [-0.39, 0.29) is 25.9 Å². The smallest absolute Gasteiger partial charge is 0.243 e. The Morgan fingerprint density at radius 1 is 1.00 bits per heavy atom. The summed E-state index contributed by atoms with van der Waals surface area (Å²) in [5.41, 5.74) is 5.95. The Kier molecular flexibility index (Phi) is 13.0. The highest BCUT2D eigenvalue weighted by molar-refractivity contribution is 6.02. The molecule has 232 valence electrons. The number of nitrogens with one attached hydrogen (secondary N) is 6. The molecule has 1 unspecified atom stereocenters. The molecule has 42 heavy (non-hydrogen) atoms. The van der Waals surface area contributed by atoms with Crippen LogP contribution < -0.4 is 37.6 Å². The molecule has 0 aliphatic carbocycles. The van der Waals surface area contributed by atoms with Crippen LogP contribution in [0.1, 0.15) is 59.8 Å². The van der Waals surface area contributed by atoms with Crippen LogP contribution in [-0.4, -0.2) is 96.7 Å². The highest BCUT2D eigenvalue weighted by atomic mass is 16.2. The minimum absolute atomic E-state index is 0.0102. The predicted octanol–water partition coefficient (Wildman–Crippen LogP) is -2.85. The van der Waals surface area contributed by atoms with Crippen molar-refractivity contribution >= 4 is 53.4 Å². The summed E-state index contributed by atoms with van der Waals surface area (Å²) in [6.45, 7) is 6.44. The first-order valence-electron chi connectivity index (χ1n) is 13.9. The summed E-state index contributed by atoms with van der Waals surface area (Å²) < 4.78 is 0. The Morgan fingerprint density at radius 2 is 1.71 bits per heavy atom. The maximum absolute atomic E-state index is 13.3. The zero-order chi connectivity index (χ0) is 31.4. The Hall–Kier alpha value is -4.37. The zero-order valence-corrected chi connectivity index (χ0v) is 24.3. The third-order valence-corrected chi connectivity index (χ3v) is 6.65. The molecule has 0 bridgehead atoms. The molecule has 5 atom stereocenters. The minimum Gasteiger partial charge on any atom is -0.368 e. The summed E-state index contributed by atoms with van der Waals surface area (Å²) in [5.74, 6) is -5.07. The number of carbonyl (C=O) groups is 7. The second-order valence-corrected chi connectivity index (χ2v) is 10.6. The molecule has 8 N–H and O–H groups in total. The van der Waals surface area contributed by atoms with Crippen molar-refractivity contribution in [2.75, 3.05) is 13.1 Å². The van der Waals surface area contributed by atoms with Gasteiger partial charge in [-0.1, -0.05) is 13.8 Å². The first kappa shape index (κ1) is 33.8. The lowest BCUT2D eigenvalue weighted by molar-refractivity contribution is -0.135. The van der Waals surface area contributed by atoms with Crippen molar-refractivity contribution in [3.8, 4) is 0 Å². The second-order valence-electron chi connectivity index (χ2n) is 10.6. The number of primary amides is 1. The molecule has 0 aromatic heterocycles. The van der Waals surface area contributed by atoms with Crippen LogP contribution in [0.3, 0.4) is 0 Å². The quantitative estimate of drug-likeness (QED) is 0.176. The van der Waals surface area contributed by atoms with E-state index >= 15 is 0 Å². The van der Waals surface area contributed by atoms with E-state index in [1.807, 2.05) is 0 Å². The molecular weight excluding hydrogens is 550 g/mol. The first-order chi connectivity index (χ1) is 19.8. The van der Waals surface area contributed by atoms with Gasteiger partial charge in [0.1, 0.15) is 36.5 Å². The number of hydrogen-bond acceptors (Lipinski definition) is 9. The molecule has 0 saturated carbocycles. The molecule has 1 saturated heterocycles. The topological polar surface area (TPSA) is 242 Å². The van der Waals surface area contributed by atoms with Crippen molar-refractivity contribution < 1.29 is 33.6 Å². The summed E-state index contributed by atoms with van der Waals surface area (Å²) in [6, 6.07) is -5.69. The van der Waals surface area contributed by atoms with Gasteiger partial charge in [-0.25, -0.2) is 4.99 Å². The van der Waals surface area contributed by atoms with Crippen LogP contribution in [0.4, 0.5) is 0 Å². The van der Waals surface area contributed by atoms with Gasteiger partial charge in [0.05, 0.1) is 13.0 Å². The van der Waals surface area contributed by atoms with Gasteiger partial charge in [0.25, 0.3) is 0 Å². The number of nitrogens with zero attached hydrogens (tertiary/aromatic N) is 2. The lowest BCUT2D eigenvalue weighted by atomic mass is 10.0. The number of aliphatic imine (C=N–C) groups is 2. The fraction of sp³-hybridized carbons (Fsp3) is 0.654. The molecule has 2 heterocycles. The molecule has 1 fully saturated rings. The highest BCUT2D eigenvalue weighted by Gasteiger charge is 2.33. The zero-order valence-electron chi connectivity index (χ0n) is 24.3. The molecule has 16 nitrogen and oxygen atoms in total. The number of nitrogens with two attached hydrogens (primary N) is 1.